The molecule has 1 aliphatic heterocycles. The van der Waals surface area contributed by atoms with Crippen molar-refractivity contribution in [2.75, 3.05) is 13.0 Å². The van der Waals surface area contributed by atoms with E-state index >= 15 is 0 Å². The molecular formula is C18H27ClO8. The molecule has 6 atom stereocenters. The molecule has 1 aliphatic carbocycles. The van der Waals surface area contributed by atoms with E-state index in [-0.39, 0.29) is 30.2 Å². The molecule has 0 radical (unpaired) electrons. The van der Waals surface area contributed by atoms with Gasteiger partial charge in [-0.15, -0.1) is 11.6 Å². The minimum Gasteiger partial charge on any atom is -0.459 e. The number of carbonyl (C=O) groups excluding carboxylic acids is 2. The normalized spacial score (nSPS) is 38.6. The summed E-state index contributed by atoms with van der Waals surface area (Å²) in [6, 6.07) is 0. The Morgan fingerprint density at radius 3 is 2.48 bits per heavy atom. The number of ether oxygens (including phenoxy) is 4. The summed E-state index contributed by atoms with van der Waals surface area (Å²) in [6.07, 6.45) is -3.62. The van der Waals surface area contributed by atoms with E-state index in [0.717, 1.165) is 0 Å². The van der Waals surface area contributed by atoms with Gasteiger partial charge in [0.2, 0.25) is 6.29 Å². The lowest BCUT2D eigenvalue weighted by atomic mass is 9.76. The molecule has 1 saturated heterocycles. The van der Waals surface area contributed by atoms with Gasteiger partial charge in [-0.25, -0.2) is 0 Å². The molecule has 154 valence electrons. The van der Waals surface area contributed by atoms with Crippen molar-refractivity contribution in [1.29, 1.82) is 0 Å². The fourth-order valence-corrected chi connectivity index (χ4v) is 4.13. The van der Waals surface area contributed by atoms with Crippen molar-refractivity contribution >= 4 is 23.5 Å². The number of fused-ring (bicyclic) bond motifs is 1. The number of methoxy groups -OCH3 is 1. The van der Waals surface area contributed by atoms with Crippen molar-refractivity contribution < 1.29 is 38.7 Å². The van der Waals surface area contributed by atoms with E-state index in [9.17, 15) is 19.8 Å². The molecule has 0 amide bonds. The number of halogens is 1. The molecule has 2 N–H and O–H groups in total. The molecular weight excluding hydrogens is 380 g/mol. The topological polar surface area (TPSA) is 112 Å². The van der Waals surface area contributed by atoms with E-state index in [0.29, 0.717) is 0 Å². The highest BCUT2D eigenvalue weighted by atomic mass is 35.5. The van der Waals surface area contributed by atoms with Crippen molar-refractivity contribution in [3.8, 4) is 0 Å². The zero-order valence-electron chi connectivity index (χ0n) is 15.9. The molecule has 2 fully saturated rings. The maximum Gasteiger partial charge on any atom is 0.308 e. The Morgan fingerprint density at radius 1 is 1.37 bits per heavy atom. The molecule has 0 bridgehead atoms. The van der Waals surface area contributed by atoms with Crippen LogP contribution in [-0.4, -0.2) is 65.0 Å². The Bertz CT molecular complexity index is 608. The van der Waals surface area contributed by atoms with Crippen LogP contribution in [0.3, 0.4) is 0 Å². The third kappa shape index (κ3) is 4.00. The molecule has 9 heteroatoms. The third-order valence-electron chi connectivity index (χ3n) is 5.04. The van der Waals surface area contributed by atoms with Crippen LogP contribution in [0, 0.1) is 11.8 Å². The van der Waals surface area contributed by atoms with Crippen molar-refractivity contribution in [3.63, 3.8) is 0 Å². The SMILES string of the molecule is C=C1[C@@H](OC)O[C@@H](OC(=O)CC(C)C)[C@@H]2[C@@](O)(CCl)[C@@H](OC(C)=O)C[C@]12O. The largest absolute Gasteiger partial charge is 0.459 e. The molecule has 1 saturated carbocycles. The average Bonchev–Trinajstić information content (AvgIpc) is 2.78. The van der Waals surface area contributed by atoms with Crippen LogP contribution in [0.4, 0.5) is 0 Å². The maximum absolute atomic E-state index is 12.2. The fourth-order valence-electron chi connectivity index (χ4n) is 3.80. The lowest BCUT2D eigenvalue weighted by Crippen LogP contribution is -2.61. The van der Waals surface area contributed by atoms with Gasteiger partial charge in [-0.3, -0.25) is 9.59 Å². The van der Waals surface area contributed by atoms with E-state index in [4.69, 9.17) is 30.5 Å². The Balaban J connectivity index is 2.43. The second-order valence-electron chi connectivity index (χ2n) is 7.51. The van der Waals surface area contributed by atoms with E-state index in [2.05, 4.69) is 6.58 Å². The van der Waals surface area contributed by atoms with Gasteiger partial charge in [0.05, 0.1) is 11.8 Å². The zero-order valence-corrected chi connectivity index (χ0v) is 16.7. The molecule has 1 heterocycles. The highest BCUT2D eigenvalue weighted by Gasteiger charge is 2.70. The van der Waals surface area contributed by atoms with Gasteiger partial charge in [0.1, 0.15) is 17.3 Å². The number of aliphatic hydroxyl groups is 2. The van der Waals surface area contributed by atoms with Crippen LogP contribution in [0.2, 0.25) is 0 Å². The predicted octanol–water partition coefficient (Wildman–Crippen LogP) is 1.11. The lowest BCUT2D eigenvalue weighted by Gasteiger charge is -2.47. The first kappa shape index (κ1) is 22.1. The van der Waals surface area contributed by atoms with E-state index in [1.54, 1.807) is 0 Å². The molecule has 2 aliphatic rings. The standard InChI is InChI=1S/C18H27ClO8/c1-9(2)6-13(21)26-16-14-17(22,10(3)15(24-5)27-16)7-12(25-11(4)20)18(14,23)8-19/h9,12,14-16,22-23H,3,6-8H2,1-2,4-5H3/t12-,14-,15-,16+,17-,18+/m0/s1. The van der Waals surface area contributed by atoms with E-state index in [1.807, 2.05) is 13.8 Å². The van der Waals surface area contributed by atoms with Crippen LogP contribution in [0.1, 0.15) is 33.6 Å². The molecule has 0 aromatic carbocycles. The van der Waals surface area contributed by atoms with Gasteiger partial charge in [0.25, 0.3) is 0 Å². The number of hydrogen-bond acceptors (Lipinski definition) is 8. The van der Waals surface area contributed by atoms with Crippen LogP contribution < -0.4 is 0 Å². The van der Waals surface area contributed by atoms with Gasteiger partial charge in [-0.2, -0.15) is 0 Å². The highest BCUT2D eigenvalue weighted by molar-refractivity contribution is 6.18. The number of esters is 2. The predicted molar refractivity (Wildman–Crippen MR) is 94.6 cm³/mol. The molecule has 0 unspecified atom stereocenters. The molecule has 0 spiro atoms. The summed E-state index contributed by atoms with van der Waals surface area (Å²) in [4.78, 5) is 23.7. The summed E-state index contributed by atoms with van der Waals surface area (Å²) in [5.74, 6) is -2.76. The van der Waals surface area contributed by atoms with Crippen LogP contribution in [-0.2, 0) is 28.5 Å². The molecule has 2 rings (SSSR count). The van der Waals surface area contributed by atoms with E-state index in [1.165, 1.54) is 14.0 Å². The number of carbonyl (C=O) groups is 2. The van der Waals surface area contributed by atoms with Crippen LogP contribution in [0.5, 0.6) is 0 Å². The minimum atomic E-state index is -1.90. The first-order valence-electron chi connectivity index (χ1n) is 8.74. The summed E-state index contributed by atoms with van der Waals surface area (Å²) >= 11 is 6.00. The summed E-state index contributed by atoms with van der Waals surface area (Å²) in [5.41, 5.74) is -3.54. The Labute approximate surface area is 163 Å². The van der Waals surface area contributed by atoms with Gasteiger partial charge in [-0.1, -0.05) is 20.4 Å². The van der Waals surface area contributed by atoms with Gasteiger partial charge < -0.3 is 29.2 Å². The van der Waals surface area contributed by atoms with Crippen molar-refractivity contribution in [3.05, 3.63) is 12.2 Å². The zero-order chi connectivity index (χ0) is 20.6. The monoisotopic (exact) mass is 406 g/mol. The molecule has 27 heavy (non-hydrogen) atoms. The van der Waals surface area contributed by atoms with Gasteiger partial charge in [0.15, 0.2) is 6.29 Å². The van der Waals surface area contributed by atoms with Crippen LogP contribution >= 0.6 is 11.6 Å². The number of hydrogen-bond donors (Lipinski definition) is 2. The highest BCUT2D eigenvalue weighted by Crippen LogP contribution is 2.54. The van der Waals surface area contributed by atoms with Crippen molar-refractivity contribution in [2.45, 2.75) is 63.5 Å². The van der Waals surface area contributed by atoms with Gasteiger partial charge in [-0.05, 0) is 5.92 Å². The molecule has 0 aromatic heterocycles. The first-order valence-corrected chi connectivity index (χ1v) is 9.28. The minimum absolute atomic E-state index is 0.0393. The maximum atomic E-state index is 12.2. The summed E-state index contributed by atoms with van der Waals surface area (Å²) < 4.78 is 21.4. The summed E-state index contributed by atoms with van der Waals surface area (Å²) in [6.45, 7) is 8.70. The third-order valence-corrected chi connectivity index (χ3v) is 5.46. The molecule has 8 nitrogen and oxygen atoms in total. The Morgan fingerprint density at radius 2 is 2.00 bits per heavy atom. The van der Waals surface area contributed by atoms with Crippen LogP contribution in [0.15, 0.2) is 12.2 Å². The second-order valence-corrected chi connectivity index (χ2v) is 7.78. The van der Waals surface area contributed by atoms with Crippen molar-refractivity contribution in [2.24, 2.45) is 11.8 Å². The fraction of sp³-hybridized carbons (Fsp3) is 0.778. The number of rotatable bonds is 6. The lowest BCUT2D eigenvalue weighted by molar-refractivity contribution is -0.299. The molecule has 0 aromatic rings. The summed E-state index contributed by atoms with van der Waals surface area (Å²) in [5, 5.41) is 22.5. The number of alkyl halides is 1. The van der Waals surface area contributed by atoms with Crippen LogP contribution in [0.25, 0.3) is 0 Å². The smallest absolute Gasteiger partial charge is 0.308 e. The first-order chi connectivity index (χ1) is 12.5. The quantitative estimate of drug-likeness (QED) is 0.383. The average molecular weight is 407 g/mol. The van der Waals surface area contributed by atoms with Gasteiger partial charge in [0, 0.05) is 32.4 Å². The second kappa shape index (κ2) is 8.05. The van der Waals surface area contributed by atoms with Gasteiger partial charge >= 0.3 is 11.9 Å². The van der Waals surface area contributed by atoms with E-state index < -0.39 is 47.7 Å². The Hall–Kier alpha value is -1.19. The Kier molecular flexibility index (Phi) is 6.59. The summed E-state index contributed by atoms with van der Waals surface area (Å²) in [7, 11) is 1.35. The van der Waals surface area contributed by atoms with Crippen molar-refractivity contribution in [1.82, 2.24) is 0 Å².